The highest BCUT2D eigenvalue weighted by Crippen LogP contribution is 2.41. The maximum absolute atomic E-state index is 13.5. The summed E-state index contributed by atoms with van der Waals surface area (Å²) in [6.45, 7) is 5.65. The Kier molecular flexibility index (Phi) is 9.58. The summed E-state index contributed by atoms with van der Waals surface area (Å²) in [6.07, 6.45) is 3.00. The van der Waals surface area contributed by atoms with Crippen LogP contribution in [0.4, 0.5) is 5.82 Å². The maximum Gasteiger partial charge on any atom is 0.263 e. The van der Waals surface area contributed by atoms with Gasteiger partial charge in [0.2, 0.25) is 11.6 Å². The molecule has 40 heavy (non-hydrogen) atoms. The second-order valence-electron chi connectivity index (χ2n) is 9.31. The lowest BCUT2D eigenvalue weighted by molar-refractivity contribution is 0.192. The number of benzene rings is 2. The monoisotopic (exact) mass is 568 g/mol. The van der Waals surface area contributed by atoms with Gasteiger partial charge in [-0.05, 0) is 41.3 Å². The minimum Gasteiger partial charge on any atom is -0.493 e. The van der Waals surface area contributed by atoms with E-state index in [2.05, 4.69) is 24.7 Å². The smallest absolute Gasteiger partial charge is 0.263 e. The molecule has 0 unspecified atom stereocenters. The van der Waals surface area contributed by atoms with Gasteiger partial charge in [0.05, 0.1) is 18.6 Å². The van der Waals surface area contributed by atoms with Crippen molar-refractivity contribution in [3.8, 4) is 34.8 Å². The van der Waals surface area contributed by atoms with E-state index in [1.165, 1.54) is 31.6 Å². The highest BCUT2D eigenvalue weighted by molar-refractivity contribution is 7.92. The Bertz CT molecular complexity index is 1530. The van der Waals surface area contributed by atoms with E-state index in [1.807, 2.05) is 20.8 Å². The molecule has 0 saturated heterocycles. The van der Waals surface area contributed by atoms with E-state index < -0.39 is 10.0 Å². The van der Waals surface area contributed by atoms with Gasteiger partial charge in [0.15, 0.2) is 23.1 Å². The first kappa shape index (κ1) is 30.2. The van der Waals surface area contributed by atoms with E-state index in [0.29, 0.717) is 5.75 Å². The van der Waals surface area contributed by atoms with Crippen molar-refractivity contribution in [3.05, 3.63) is 72.6 Å². The third-order valence-corrected chi connectivity index (χ3v) is 6.83. The fraction of sp³-hybridized carbons (Fsp3) is 0.259. The van der Waals surface area contributed by atoms with Crippen molar-refractivity contribution in [1.82, 2.24) is 26.1 Å². The van der Waals surface area contributed by atoms with Crippen molar-refractivity contribution in [1.29, 1.82) is 0 Å². The Morgan fingerprint density at radius 1 is 0.900 bits per heavy atom. The Hall–Kier alpha value is -4.33. The average molecular weight is 569 g/mol. The first-order valence-corrected chi connectivity index (χ1v) is 13.5. The summed E-state index contributed by atoms with van der Waals surface area (Å²) in [5.41, 5.74) is 0.827. The third-order valence-electron chi connectivity index (χ3n) is 5.47. The Morgan fingerprint density at radius 3 is 2.15 bits per heavy atom. The zero-order chi connectivity index (χ0) is 28.0. The van der Waals surface area contributed by atoms with Crippen LogP contribution in [-0.4, -0.2) is 53.8 Å². The maximum atomic E-state index is 13.5. The van der Waals surface area contributed by atoms with Crippen LogP contribution in [0.3, 0.4) is 0 Å². The quantitative estimate of drug-likeness (QED) is 0.247. The average Bonchev–Trinajstić information content (AvgIpc) is 2.93. The molecular weight excluding hydrogens is 536 g/mol. The highest BCUT2D eigenvalue weighted by Gasteiger charge is 2.26. The van der Waals surface area contributed by atoms with Crippen LogP contribution in [0.1, 0.15) is 26.3 Å². The van der Waals surface area contributed by atoms with Crippen LogP contribution in [0.25, 0.3) is 11.6 Å². The van der Waals surface area contributed by atoms with Gasteiger partial charge in [-0.15, -0.1) is 0 Å². The zero-order valence-electron chi connectivity index (χ0n) is 22.7. The van der Waals surface area contributed by atoms with Crippen molar-refractivity contribution >= 4 is 15.8 Å². The van der Waals surface area contributed by atoms with Crippen LogP contribution >= 0.6 is 0 Å². The van der Waals surface area contributed by atoms with Crippen molar-refractivity contribution in [2.75, 3.05) is 25.0 Å². The molecule has 0 aliphatic rings. The van der Waals surface area contributed by atoms with Gasteiger partial charge in [0.25, 0.3) is 15.9 Å². The molecule has 212 valence electrons. The molecule has 0 atom stereocenters. The molecule has 0 aliphatic carbocycles. The van der Waals surface area contributed by atoms with Crippen LogP contribution in [0.2, 0.25) is 0 Å². The van der Waals surface area contributed by atoms with Crippen molar-refractivity contribution in [3.63, 3.8) is 0 Å². The summed E-state index contributed by atoms with van der Waals surface area (Å²) in [5, 5.41) is 9.40. The van der Waals surface area contributed by atoms with Crippen molar-refractivity contribution < 1.29 is 27.7 Å². The molecule has 0 radical (unpaired) electrons. The summed E-state index contributed by atoms with van der Waals surface area (Å²) in [7, 11) is -2.66. The lowest BCUT2D eigenvalue weighted by Crippen LogP contribution is -2.17. The minimum atomic E-state index is -4.14. The van der Waals surface area contributed by atoms with E-state index >= 15 is 0 Å². The van der Waals surface area contributed by atoms with Gasteiger partial charge in [0, 0.05) is 12.4 Å². The Balaban J connectivity index is 0.00000441. The molecule has 2 aromatic heterocycles. The fourth-order valence-electron chi connectivity index (χ4n) is 3.48. The first-order chi connectivity index (χ1) is 18.6. The van der Waals surface area contributed by atoms with Gasteiger partial charge in [-0.1, -0.05) is 45.0 Å². The number of anilines is 1. The molecule has 0 saturated carbocycles. The lowest BCUT2D eigenvalue weighted by atomic mass is 9.87. The topological polar surface area (TPSA) is 181 Å². The molecule has 4 aromatic rings. The molecule has 0 spiro atoms. The normalized spacial score (nSPS) is 11.3. The van der Waals surface area contributed by atoms with Gasteiger partial charge in [-0.25, -0.2) is 23.4 Å². The number of para-hydroxylation sites is 2. The third kappa shape index (κ3) is 7.00. The van der Waals surface area contributed by atoms with Crippen LogP contribution in [0.5, 0.6) is 23.1 Å². The number of rotatable bonds is 10. The van der Waals surface area contributed by atoms with Crippen molar-refractivity contribution in [2.45, 2.75) is 31.1 Å². The molecule has 4 rings (SSSR count). The highest BCUT2D eigenvalue weighted by atomic mass is 32.2. The molecule has 0 fully saturated rings. The summed E-state index contributed by atoms with van der Waals surface area (Å²) in [4.78, 5) is 17.1. The molecular formula is C27H32N6O6S. The molecule has 2 aromatic carbocycles. The molecule has 5 N–H and O–H groups in total. The number of nitrogens with one attached hydrogen (secondary N) is 1. The van der Waals surface area contributed by atoms with Gasteiger partial charge in [-0.2, -0.15) is 4.98 Å². The molecule has 0 aliphatic heterocycles. The number of ether oxygens (including phenoxy) is 3. The van der Waals surface area contributed by atoms with E-state index in [4.69, 9.17) is 14.2 Å². The van der Waals surface area contributed by atoms with Gasteiger partial charge < -0.3 is 25.5 Å². The first-order valence-electron chi connectivity index (χ1n) is 12.0. The number of aliphatic hydroxyl groups is 1. The molecule has 0 amide bonds. The number of hydrogen-bond donors (Lipinski definition) is 3. The standard InChI is InChI=1S/C27H29N5O6S.H3N/c1-27(2,3)18-10-12-19(13-11-18)39(34,35)32-23-22(38-21-9-6-5-8-20(21)36-4)26(37-17-16-33)31-25(30-23)24-28-14-7-15-29-24;/h5-15,33H,16-17H2,1-4H3,(H,30,31,32);1H3. The largest absolute Gasteiger partial charge is 0.493 e. The predicted octanol–water partition coefficient (Wildman–Crippen LogP) is 4.37. The summed E-state index contributed by atoms with van der Waals surface area (Å²) in [5.74, 6) is 0.271. The number of aliphatic hydroxyl groups excluding tert-OH is 1. The predicted molar refractivity (Wildman–Crippen MR) is 150 cm³/mol. The summed E-state index contributed by atoms with van der Waals surface area (Å²) >= 11 is 0. The van der Waals surface area contributed by atoms with Gasteiger partial charge in [0.1, 0.15) is 6.61 Å². The van der Waals surface area contributed by atoms with Gasteiger partial charge in [-0.3, -0.25) is 4.72 Å². The van der Waals surface area contributed by atoms with E-state index in [1.54, 1.807) is 42.5 Å². The molecule has 12 nitrogen and oxygen atoms in total. The van der Waals surface area contributed by atoms with Crippen LogP contribution in [-0.2, 0) is 15.4 Å². The number of hydrogen-bond acceptors (Lipinski definition) is 11. The number of nitrogens with zero attached hydrogens (tertiary/aromatic N) is 4. The molecule has 0 bridgehead atoms. The van der Waals surface area contributed by atoms with E-state index in [0.717, 1.165) is 5.56 Å². The number of sulfonamides is 1. The fourth-order valence-corrected chi connectivity index (χ4v) is 4.48. The van der Waals surface area contributed by atoms with E-state index in [9.17, 15) is 13.5 Å². The molecule has 13 heteroatoms. The Labute approximate surface area is 233 Å². The lowest BCUT2D eigenvalue weighted by Gasteiger charge is -2.20. The van der Waals surface area contributed by atoms with Gasteiger partial charge >= 0.3 is 0 Å². The minimum absolute atomic E-state index is 0. The number of methoxy groups -OCH3 is 1. The van der Waals surface area contributed by atoms with Crippen LogP contribution < -0.4 is 25.1 Å². The Morgan fingerprint density at radius 2 is 1.55 bits per heavy atom. The second kappa shape index (κ2) is 12.7. The number of aromatic nitrogens is 4. The van der Waals surface area contributed by atoms with Crippen LogP contribution in [0, 0.1) is 0 Å². The summed E-state index contributed by atoms with van der Waals surface area (Å²) < 4.78 is 46.6. The van der Waals surface area contributed by atoms with Crippen molar-refractivity contribution in [2.24, 2.45) is 0 Å². The van der Waals surface area contributed by atoms with E-state index in [-0.39, 0.29) is 64.5 Å². The molecule has 2 heterocycles. The van der Waals surface area contributed by atoms with Crippen LogP contribution in [0.15, 0.2) is 71.9 Å². The zero-order valence-corrected chi connectivity index (χ0v) is 23.5. The summed E-state index contributed by atoms with van der Waals surface area (Å²) in [6, 6.07) is 15.0. The second-order valence-corrected chi connectivity index (χ2v) is 11.0. The SMILES string of the molecule is COc1ccccc1Oc1c(NS(=O)(=O)c2ccc(C(C)(C)C)cc2)nc(-c2ncccn2)nc1OCCO.N.